The molecule has 1 heterocycles. The number of carboxylic acid groups (broad SMARTS) is 1. The highest BCUT2D eigenvalue weighted by Crippen LogP contribution is 2.01. The number of nitrogens with one attached hydrogen (secondary N) is 2. The maximum absolute atomic E-state index is 10.8. The summed E-state index contributed by atoms with van der Waals surface area (Å²) in [6.07, 6.45) is 1.46. The molecule has 0 radical (unpaired) electrons. The van der Waals surface area contributed by atoms with E-state index in [1.807, 2.05) is 0 Å². The number of hydrogen-bond donors (Lipinski definition) is 3. The van der Waals surface area contributed by atoms with Gasteiger partial charge in [-0.3, -0.25) is 9.59 Å². The van der Waals surface area contributed by atoms with Gasteiger partial charge in [0.2, 0.25) is 5.91 Å². The third-order valence-electron chi connectivity index (χ3n) is 2.04. The van der Waals surface area contributed by atoms with Gasteiger partial charge in [0, 0.05) is 25.6 Å². The second-order valence-electron chi connectivity index (χ2n) is 3.14. The molecule has 1 rings (SSSR count). The molecule has 1 atom stereocenters. The molecule has 0 saturated carbocycles. The highest BCUT2D eigenvalue weighted by atomic mass is 16.4. The van der Waals surface area contributed by atoms with Crippen LogP contribution >= 0.6 is 0 Å². The second-order valence-corrected chi connectivity index (χ2v) is 3.14. The molecule has 1 amide bonds. The fourth-order valence-electron chi connectivity index (χ4n) is 1.29. The monoisotopic (exact) mass is 186 g/mol. The topological polar surface area (TPSA) is 78.4 Å². The van der Waals surface area contributed by atoms with Gasteiger partial charge in [0.1, 0.15) is 0 Å². The Hall–Kier alpha value is -1.10. The van der Waals surface area contributed by atoms with Crippen molar-refractivity contribution in [1.29, 1.82) is 0 Å². The Morgan fingerprint density at radius 2 is 2.46 bits per heavy atom. The Kier molecular flexibility index (Phi) is 3.70. The summed E-state index contributed by atoms with van der Waals surface area (Å²) in [5.74, 6) is -0.719. The first-order chi connectivity index (χ1) is 6.18. The van der Waals surface area contributed by atoms with Gasteiger partial charge in [0.05, 0.1) is 6.42 Å². The quantitative estimate of drug-likeness (QED) is 0.544. The van der Waals surface area contributed by atoms with E-state index in [1.165, 1.54) is 0 Å². The van der Waals surface area contributed by atoms with Gasteiger partial charge in [-0.1, -0.05) is 0 Å². The smallest absolute Gasteiger partial charge is 0.304 e. The van der Waals surface area contributed by atoms with Crippen LogP contribution in [0.15, 0.2) is 0 Å². The maximum atomic E-state index is 10.8. The first kappa shape index (κ1) is 9.98. The number of carbonyl (C=O) groups is 2. The molecular formula is C8H14N2O3. The van der Waals surface area contributed by atoms with Crippen molar-refractivity contribution in [3.8, 4) is 0 Å². The van der Waals surface area contributed by atoms with Crippen molar-refractivity contribution in [2.75, 3.05) is 13.1 Å². The fourth-order valence-corrected chi connectivity index (χ4v) is 1.29. The van der Waals surface area contributed by atoms with E-state index in [-0.39, 0.29) is 18.4 Å². The summed E-state index contributed by atoms with van der Waals surface area (Å²) >= 11 is 0. The summed E-state index contributed by atoms with van der Waals surface area (Å²) in [5.41, 5.74) is 0. The normalized spacial score (nSPS) is 22.5. The molecule has 0 aromatic rings. The van der Waals surface area contributed by atoms with E-state index in [2.05, 4.69) is 10.6 Å². The number of aliphatic carboxylic acids is 1. The van der Waals surface area contributed by atoms with E-state index in [0.29, 0.717) is 19.5 Å². The van der Waals surface area contributed by atoms with Gasteiger partial charge in [-0.25, -0.2) is 0 Å². The molecule has 0 aromatic carbocycles. The van der Waals surface area contributed by atoms with Crippen LogP contribution in [0.5, 0.6) is 0 Å². The summed E-state index contributed by atoms with van der Waals surface area (Å²) in [4.78, 5) is 20.9. The van der Waals surface area contributed by atoms with Gasteiger partial charge >= 0.3 is 5.97 Å². The minimum absolute atomic E-state index is 0.0799. The van der Waals surface area contributed by atoms with Crippen LogP contribution in [0.3, 0.4) is 0 Å². The van der Waals surface area contributed by atoms with Crippen molar-refractivity contribution in [2.24, 2.45) is 0 Å². The van der Waals surface area contributed by atoms with E-state index >= 15 is 0 Å². The third kappa shape index (κ3) is 3.89. The van der Waals surface area contributed by atoms with Crippen molar-refractivity contribution >= 4 is 11.9 Å². The van der Waals surface area contributed by atoms with Crippen molar-refractivity contribution in [3.05, 3.63) is 0 Å². The molecule has 0 bridgehead atoms. The molecule has 1 aliphatic rings. The minimum Gasteiger partial charge on any atom is -0.481 e. The molecule has 0 spiro atoms. The molecule has 5 heteroatoms. The van der Waals surface area contributed by atoms with Crippen LogP contribution in [0.25, 0.3) is 0 Å². The van der Waals surface area contributed by atoms with Crippen LogP contribution in [0, 0.1) is 0 Å². The van der Waals surface area contributed by atoms with Crippen LogP contribution in [0.4, 0.5) is 0 Å². The van der Waals surface area contributed by atoms with Crippen molar-refractivity contribution in [3.63, 3.8) is 0 Å². The van der Waals surface area contributed by atoms with Crippen LogP contribution in [-0.2, 0) is 9.59 Å². The van der Waals surface area contributed by atoms with Gasteiger partial charge in [-0.15, -0.1) is 0 Å². The molecule has 0 aliphatic carbocycles. The van der Waals surface area contributed by atoms with Crippen LogP contribution in [0.1, 0.15) is 19.3 Å². The predicted molar refractivity (Wildman–Crippen MR) is 46.3 cm³/mol. The zero-order chi connectivity index (χ0) is 9.68. The lowest BCUT2D eigenvalue weighted by Gasteiger charge is -2.23. The van der Waals surface area contributed by atoms with E-state index in [1.54, 1.807) is 0 Å². The number of carbonyl (C=O) groups excluding carboxylic acids is 1. The number of amides is 1. The highest BCUT2D eigenvalue weighted by Gasteiger charge is 2.16. The van der Waals surface area contributed by atoms with Crippen molar-refractivity contribution < 1.29 is 14.7 Å². The van der Waals surface area contributed by atoms with Gasteiger partial charge in [-0.2, -0.15) is 0 Å². The number of hydrogen-bond acceptors (Lipinski definition) is 3. The van der Waals surface area contributed by atoms with Gasteiger partial charge < -0.3 is 15.7 Å². The Morgan fingerprint density at radius 1 is 1.69 bits per heavy atom. The summed E-state index contributed by atoms with van der Waals surface area (Å²) in [5, 5.41) is 14.2. The zero-order valence-electron chi connectivity index (χ0n) is 7.38. The molecule has 3 N–H and O–H groups in total. The van der Waals surface area contributed by atoms with E-state index in [9.17, 15) is 9.59 Å². The minimum atomic E-state index is -0.799. The van der Waals surface area contributed by atoms with Gasteiger partial charge in [0.25, 0.3) is 0 Å². The molecule has 1 fully saturated rings. The predicted octanol–water partition coefficient (Wildman–Crippen LogP) is -0.671. The van der Waals surface area contributed by atoms with Gasteiger partial charge in [0.15, 0.2) is 0 Å². The van der Waals surface area contributed by atoms with Crippen LogP contribution in [-0.4, -0.2) is 36.1 Å². The summed E-state index contributed by atoms with van der Waals surface area (Å²) in [7, 11) is 0. The van der Waals surface area contributed by atoms with E-state index in [4.69, 9.17) is 5.11 Å². The van der Waals surface area contributed by atoms with Crippen LogP contribution < -0.4 is 10.6 Å². The number of rotatable bonds is 4. The highest BCUT2D eigenvalue weighted by molar-refractivity contribution is 5.76. The Bertz CT molecular complexity index is 196. The molecule has 0 aromatic heterocycles. The average molecular weight is 186 g/mol. The third-order valence-corrected chi connectivity index (χ3v) is 2.04. The Labute approximate surface area is 76.5 Å². The molecule has 13 heavy (non-hydrogen) atoms. The fraction of sp³-hybridized carbons (Fsp3) is 0.750. The molecular weight excluding hydrogens is 172 g/mol. The zero-order valence-corrected chi connectivity index (χ0v) is 7.38. The number of carboxylic acids is 1. The molecule has 74 valence electrons. The second kappa shape index (κ2) is 4.81. The summed E-state index contributed by atoms with van der Waals surface area (Å²) in [6.45, 7) is 1.08. The van der Waals surface area contributed by atoms with Crippen LogP contribution in [0.2, 0.25) is 0 Å². The lowest BCUT2D eigenvalue weighted by molar-refractivity contribution is -0.137. The number of piperidine rings is 1. The lowest BCUT2D eigenvalue weighted by Crippen LogP contribution is -2.46. The molecule has 5 nitrogen and oxygen atoms in total. The average Bonchev–Trinajstić information content (AvgIpc) is 2.08. The summed E-state index contributed by atoms with van der Waals surface area (Å²) < 4.78 is 0. The largest absolute Gasteiger partial charge is 0.481 e. The van der Waals surface area contributed by atoms with E-state index < -0.39 is 5.97 Å². The maximum Gasteiger partial charge on any atom is 0.304 e. The molecule has 1 saturated heterocycles. The van der Waals surface area contributed by atoms with Crippen molar-refractivity contribution in [1.82, 2.24) is 10.6 Å². The van der Waals surface area contributed by atoms with Crippen molar-refractivity contribution in [2.45, 2.75) is 25.3 Å². The molecule has 1 aliphatic heterocycles. The molecule has 1 unspecified atom stereocenters. The summed E-state index contributed by atoms with van der Waals surface area (Å²) in [6, 6.07) is 0.233. The Morgan fingerprint density at radius 3 is 3.00 bits per heavy atom. The van der Waals surface area contributed by atoms with Gasteiger partial charge in [-0.05, 0) is 6.42 Å². The lowest BCUT2D eigenvalue weighted by atomic mass is 10.1. The first-order valence-electron chi connectivity index (χ1n) is 4.40. The Balaban J connectivity index is 2.09. The standard InChI is InChI=1S/C8H14N2O3/c11-7-2-1-6(5-10-7)9-4-3-8(12)13/h6,9H,1-5H2,(H,10,11)(H,12,13). The first-order valence-corrected chi connectivity index (χ1v) is 4.40. The van der Waals surface area contributed by atoms with E-state index in [0.717, 1.165) is 6.42 Å². The SMILES string of the molecule is O=C(O)CCNC1CCC(=O)NC1.